The first-order valence-corrected chi connectivity index (χ1v) is 14.0. The lowest BCUT2D eigenvalue weighted by Gasteiger charge is -2.44. The Morgan fingerprint density at radius 2 is 1.26 bits per heavy atom. The highest BCUT2D eigenvalue weighted by Gasteiger charge is 2.43. The van der Waals surface area contributed by atoms with E-state index in [0.717, 1.165) is 25.7 Å². The van der Waals surface area contributed by atoms with Crippen LogP contribution in [-0.2, 0) is 4.79 Å². The van der Waals surface area contributed by atoms with Crippen molar-refractivity contribution in [2.24, 2.45) is 0 Å². The molecule has 1 amide bonds. The molecule has 1 aliphatic heterocycles. The number of hydrogen-bond acceptors (Lipinski definition) is 7. The lowest BCUT2D eigenvalue weighted by molar-refractivity contribution is -0.385. The quantitative estimate of drug-likeness (QED) is 0.114. The molecule has 0 radical (unpaired) electrons. The average molecular weight is 570 g/mol. The van der Waals surface area contributed by atoms with Gasteiger partial charge in [0.25, 0.3) is 11.4 Å². The second kappa shape index (κ2) is 11.9. The fraction of sp³-hybridized carbons (Fsp3) is 0.281. The minimum absolute atomic E-state index is 0.135. The number of carbonyl (C=O) groups excluding carboxylic acids is 1. The number of rotatable bonds is 10. The van der Waals surface area contributed by atoms with Gasteiger partial charge in [0, 0.05) is 47.2 Å². The lowest BCUT2D eigenvalue weighted by Crippen LogP contribution is -2.42. The number of phenolic OH excluding ortho intramolecular Hbond substituents is 2. The van der Waals surface area contributed by atoms with Gasteiger partial charge in [-0.05, 0) is 35.1 Å². The van der Waals surface area contributed by atoms with Crippen molar-refractivity contribution in [3.05, 3.63) is 115 Å². The molecule has 1 aliphatic rings. The largest absolute Gasteiger partial charge is 0.508 e. The van der Waals surface area contributed by atoms with Gasteiger partial charge in [0.1, 0.15) is 11.5 Å². The van der Waals surface area contributed by atoms with Crippen LogP contribution in [0.3, 0.4) is 0 Å². The van der Waals surface area contributed by atoms with Gasteiger partial charge in [0.2, 0.25) is 5.91 Å². The number of nitro benzene ring substituents is 2. The number of nitro groups is 2. The molecular formula is C32H31N3O7. The molecule has 2 atom stereocenters. The number of non-ortho nitro benzene ring substituents is 2. The standard InChI is InChI=1S/C32H31N3O7/c1-2-3-4-5-6-13-27(38)33-31(21-9-7-11-23(18-21)34(39)40)29-25(36)16-14-20-15-17-26(37)30(28(20)29)32(33)22-10-8-12-24(19-22)35(41)42/h7-12,14-19,31-32,36-37H,2-6,13H2,1H3. The predicted octanol–water partition coefficient (Wildman–Crippen LogP) is 7.45. The minimum Gasteiger partial charge on any atom is -0.508 e. The van der Waals surface area contributed by atoms with Crippen LogP contribution in [0.5, 0.6) is 11.5 Å². The zero-order valence-electron chi connectivity index (χ0n) is 23.1. The maximum absolute atomic E-state index is 14.3. The lowest BCUT2D eigenvalue weighted by atomic mass is 9.79. The van der Waals surface area contributed by atoms with E-state index in [1.807, 2.05) is 0 Å². The fourth-order valence-corrected chi connectivity index (χ4v) is 6.00. The van der Waals surface area contributed by atoms with Crippen LogP contribution < -0.4 is 0 Å². The van der Waals surface area contributed by atoms with Crippen LogP contribution >= 0.6 is 0 Å². The van der Waals surface area contributed by atoms with Crippen LogP contribution in [0.25, 0.3) is 10.8 Å². The number of hydrogen-bond donors (Lipinski definition) is 2. The van der Waals surface area contributed by atoms with Crippen molar-refractivity contribution in [2.45, 2.75) is 57.5 Å². The normalized spacial score (nSPS) is 16.0. The molecule has 0 saturated heterocycles. The van der Waals surface area contributed by atoms with Gasteiger partial charge in [0.15, 0.2) is 0 Å². The summed E-state index contributed by atoms with van der Waals surface area (Å²) in [7, 11) is 0. The van der Waals surface area contributed by atoms with Crippen LogP contribution in [0.1, 0.15) is 79.8 Å². The van der Waals surface area contributed by atoms with Gasteiger partial charge in [-0.15, -0.1) is 0 Å². The molecule has 2 N–H and O–H groups in total. The number of aromatic hydroxyl groups is 2. The van der Waals surface area contributed by atoms with Gasteiger partial charge in [0.05, 0.1) is 21.9 Å². The SMILES string of the molecule is CCCCCCCC(=O)N1C(c2cccc([N+](=O)[O-])c2)c2c(O)ccc3ccc(O)c(c23)C1c1cccc([N+](=O)[O-])c1. The van der Waals surface area contributed by atoms with Crippen molar-refractivity contribution < 1.29 is 24.9 Å². The first-order valence-electron chi connectivity index (χ1n) is 14.0. The molecule has 0 aliphatic carbocycles. The second-order valence-electron chi connectivity index (χ2n) is 10.6. The summed E-state index contributed by atoms with van der Waals surface area (Å²) in [5, 5.41) is 47.2. The van der Waals surface area contributed by atoms with Crippen LogP contribution in [0.2, 0.25) is 0 Å². The van der Waals surface area contributed by atoms with Crippen molar-refractivity contribution in [3.63, 3.8) is 0 Å². The van der Waals surface area contributed by atoms with Crippen LogP contribution in [-0.4, -0.2) is 30.9 Å². The van der Waals surface area contributed by atoms with Gasteiger partial charge in [-0.25, -0.2) is 0 Å². The molecule has 216 valence electrons. The van der Waals surface area contributed by atoms with E-state index in [4.69, 9.17) is 0 Å². The van der Waals surface area contributed by atoms with Gasteiger partial charge < -0.3 is 15.1 Å². The molecule has 2 unspecified atom stereocenters. The molecule has 4 aromatic rings. The molecule has 10 heteroatoms. The fourth-order valence-electron chi connectivity index (χ4n) is 6.00. The summed E-state index contributed by atoms with van der Waals surface area (Å²) in [6.07, 6.45) is 4.64. The zero-order valence-corrected chi connectivity index (χ0v) is 23.1. The van der Waals surface area contributed by atoms with Crippen LogP contribution in [0, 0.1) is 20.2 Å². The highest BCUT2D eigenvalue weighted by molar-refractivity contribution is 5.97. The molecular weight excluding hydrogens is 538 g/mol. The predicted molar refractivity (Wildman–Crippen MR) is 157 cm³/mol. The van der Waals surface area contributed by atoms with Crippen molar-refractivity contribution in [1.82, 2.24) is 4.90 Å². The van der Waals surface area contributed by atoms with E-state index in [1.54, 1.807) is 24.3 Å². The van der Waals surface area contributed by atoms with Crippen molar-refractivity contribution in [2.75, 3.05) is 0 Å². The van der Waals surface area contributed by atoms with E-state index in [9.17, 15) is 35.2 Å². The number of carbonyl (C=O) groups is 1. The van der Waals surface area contributed by atoms with E-state index in [-0.39, 0.29) is 35.2 Å². The number of nitrogens with zero attached hydrogens (tertiary/aromatic N) is 3. The molecule has 0 fully saturated rings. The Bertz CT molecular complexity index is 1580. The van der Waals surface area contributed by atoms with Gasteiger partial charge in [-0.2, -0.15) is 0 Å². The molecule has 0 saturated carbocycles. The Morgan fingerprint density at radius 3 is 1.74 bits per heavy atom. The smallest absolute Gasteiger partial charge is 0.269 e. The first kappa shape index (κ1) is 28.5. The second-order valence-corrected chi connectivity index (χ2v) is 10.6. The number of benzene rings is 4. The third-order valence-electron chi connectivity index (χ3n) is 7.90. The minimum atomic E-state index is -0.977. The van der Waals surface area contributed by atoms with Crippen molar-refractivity contribution in [1.29, 1.82) is 0 Å². The summed E-state index contributed by atoms with van der Waals surface area (Å²) < 4.78 is 0. The molecule has 5 rings (SSSR count). The Morgan fingerprint density at radius 1 is 0.762 bits per heavy atom. The van der Waals surface area contributed by atoms with Crippen molar-refractivity contribution >= 4 is 28.1 Å². The van der Waals surface area contributed by atoms with Gasteiger partial charge in [-0.3, -0.25) is 25.0 Å². The summed E-state index contributed by atoms with van der Waals surface area (Å²) >= 11 is 0. The number of unbranched alkanes of at least 4 members (excludes halogenated alkanes) is 4. The molecule has 0 aromatic heterocycles. The van der Waals surface area contributed by atoms with E-state index in [1.165, 1.54) is 53.4 Å². The summed E-state index contributed by atoms with van der Waals surface area (Å²) in [6, 6.07) is 16.3. The monoisotopic (exact) mass is 569 g/mol. The summed E-state index contributed by atoms with van der Waals surface area (Å²) in [5.41, 5.74) is 1.10. The Labute approximate surface area is 242 Å². The maximum atomic E-state index is 14.3. The van der Waals surface area contributed by atoms with Crippen LogP contribution in [0.15, 0.2) is 72.8 Å². The van der Waals surface area contributed by atoms with E-state index >= 15 is 0 Å². The third kappa shape index (κ3) is 5.23. The Balaban J connectivity index is 1.80. The third-order valence-corrected chi connectivity index (χ3v) is 7.90. The summed E-state index contributed by atoms with van der Waals surface area (Å²) in [6.45, 7) is 2.10. The van der Waals surface area contributed by atoms with E-state index in [0.29, 0.717) is 39.4 Å². The number of amides is 1. The van der Waals surface area contributed by atoms with E-state index in [2.05, 4.69) is 6.92 Å². The molecule has 42 heavy (non-hydrogen) atoms. The maximum Gasteiger partial charge on any atom is 0.269 e. The molecule has 10 nitrogen and oxygen atoms in total. The van der Waals surface area contributed by atoms with Gasteiger partial charge in [-0.1, -0.05) is 69.0 Å². The van der Waals surface area contributed by atoms with Gasteiger partial charge >= 0.3 is 0 Å². The molecule has 0 bridgehead atoms. The first-order chi connectivity index (χ1) is 20.2. The highest BCUT2D eigenvalue weighted by Crippen LogP contribution is 2.54. The highest BCUT2D eigenvalue weighted by atomic mass is 16.6. The topological polar surface area (TPSA) is 147 Å². The average Bonchev–Trinajstić information content (AvgIpc) is 2.99. The molecule has 1 heterocycles. The Kier molecular flexibility index (Phi) is 8.06. The molecule has 0 spiro atoms. The zero-order chi connectivity index (χ0) is 30.0. The summed E-state index contributed by atoms with van der Waals surface area (Å²) in [4.78, 5) is 38.2. The number of phenols is 2. The van der Waals surface area contributed by atoms with Crippen LogP contribution in [0.4, 0.5) is 11.4 Å². The molecule has 4 aromatic carbocycles. The summed E-state index contributed by atoms with van der Waals surface area (Å²) in [5.74, 6) is -0.571. The van der Waals surface area contributed by atoms with E-state index < -0.39 is 21.9 Å². The van der Waals surface area contributed by atoms with Crippen molar-refractivity contribution in [3.8, 4) is 11.5 Å². The Hall–Kier alpha value is -4.99.